The van der Waals surface area contributed by atoms with Crippen molar-refractivity contribution in [2.75, 3.05) is 0 Å². The molecule has 0 aliphatic carbocycles. The minimum atomic E-state index is 0.378. The number of nitriles is 1. The van der Waals surface area contributed by atoms with Crippen LogP contribution in [-0.4, -0.2) is 4.98 Å². The molecule has 0 N–H and O–H groups in total. The second kappa shape index (κ2) is 5.20. The highest BCUT2D eigenvalue weighted by atomic mass is 35.5. The monoisotopic (exact) mass is 280 g/mol. The van der Waals surface area contributed by atoms with Gasteiger partial charge in [0.25, 0.3) is 0 Å². The maximum absolute atomic E-state index is 9.38. The minimum absolute atomic E-state index is 0.378. The molecule has 0 aliphatic heterocycles. The van der Waals surface area contributed by atoms with Gasteiger partial charge in [0.1, 0.15) is 17.9 Å². The van der Waals surface area contributed by atoms with Crippen molar-refractivity contribution in [3.63, 3.8) is 0 Å². The van der Waals surface area contributed by atoms with Crippen LogP contribution in [0.3, 0.4) is 0 Å². The molecule has 0 unspecified atom stereocenters. The molecular weight excluding hydrogens is 272 g/mol. The molecule has 0 radical (unpaired) electrons. The van der Waals surface area contributed by atoms with Gasteiger partial charge in [-0.1, -0.05) is 29.8 Å². The number of nitrogens with zero attached hydrogens (tertiary/aromatic N) is 2. The van der Waals surface area contributed by atoms with Crippen LogP contribution in [0.4, 0.5) is 0 Å². The molecule has 0 aliphatic rings. The second-order valence-electron chi connectivity index (χ2n) is 4.18. The summed E-state index contributed by atoms with van der Waals surface area (Å²) in [6.07, 6.45) is 4.83. The van der Waals surface area contributed by atoms with Gasteiger partial charge in [-0.2, -0.15) is 5.26 Å². The van der Waals surface area contributed by atoms with Gasteiger partial charge in [-0.3, -0.25) is 4.98 Å². The van der Waals surface area contributed by atoms with Crippen molar-refractivity contribution in [1.29, 1.82) is 5.26 Å². The van der Waals surface area contributed by atoms with E-state index in [9.17, 15) is 5.26 Å². The molecule has 0 spiro atoms. The summed E-state index contributed by atoms with van der Waals surface area (Å²) in [5.41, 5.74) is 2.60. The van der Waals surface area contributed by atoms with Gasteiger partial charge in [0.2, 0.25) is 0 Å². The van der Waals surface area contributed by atoms with E-state index in [0.717, 1.165) is 22.1 Å². The summed E-state index contributed by atoms with van der Waals surface area (Å²) in [4.78, 5) is 3.94. The lowest BCUT2D eigenvalue weighted by Gasteiger charge is -2.02. The first kappa shape index (κ1) is 12.5. The van der Waals surface area contributed by atoms with E-state index in [0.29, 0.717) is 10.6 Å². The Hall–Kier alpha value is -2.57. The zero-order chi connectivity index (χ0) is 13.9. The molecule has 0 fully saturated rings. The lowest BCUT2D eigenvalue weighted by atomic mass is 10.0. The van der Waals surface area contributed by atoms with Crippen molar-refractivity contribution in [1.82, 2.24) is 4.98 Å². The smallest absolute Gasteiger partial charge is 0.134 e. The molecule has 0 amide bonds. The van der Waals surface area contributed by atoms with Crippen molar-refractivity contribution in [3.8, 4) is 6.07 Å². The van der Waals surface area contributed by atoms with Crippen LogP contribution in [-0.2, 0) is 0 Å². The Labute approximate surface area is 120 Å². The zero-order valence-corrected chi connectivity index (χ0v) is 11.1. The van der Waals surface area contributed by atoms with Crippen LogP contribution < -0.4 is 0 Å². The fraction of sp³-hybridized carbons (Fsp3) is 0. The molecule has 2 aromatic heterocycles. The van der Waals surface area contributed by atoms with E-state index >= 15 is 0 Å². The Balaban J connectivity index is 2.22. The number of allylic oxidation sites excluding steroid dienone is 1. The summed E-state index contributed by atoms with van der Waals surface area (Å²) in [7, 11) is 0. The van der Waals surface area contributed by atoms with Gasteiger partial charge in [-0.05, 0) is 23.8 Å². The summed E-state index contributed by atoms with van der Waals surface area (Å²) in [5.74, 6) is 0. The molecule has 1 aromatic carbocycles. The number of hydrogen-bond acceptors (Lipinski definition) is 3. The fourth-order valence-corrected chi connectivity index (χ4v) is 2.34. The molecule has 3 aromatic rings. The van der Waals surface area contributed by atoms with E-state index in [-0.39, 0.29) is 0 Å². The Morgan fingerprint density at radius 2 is 1.90 bits per heavy atom. The maximum atomic E-state index is 9.38. The number of furan rings is 1. The van der Waals surface area contributed by atoms with E-state index in [1.807, 2.05) is 24.3 Å². The van der Waals surface area contributed by atoms with Crippen LogP contribution >= 0.6 is 11.6 Å². The number of benzene rings is 1. The van der Waals surface area contributed by atoms with Gasteiger partial charge in [0.05, 0.1) is 10.6 Å². The zero-order valence-electron chi connectivity index (χ0n) is 10.4. The van der Waals surface area contributed by atoms with Gasteiger partial charge in [0, 0.05) is 23.3 Å². The number of rotatable bonds is 2. The molecule has 2 heterocycles. The summed E-state index contributed by atoms with van der Waals surface area (Å²) in [5, 5.41) is 10.6. The topological polar surface area (TPSA) is 49.8 Å². The summed E-state index contributed by atoms with van der Waals surface area (Å²) in [6, 6.07) is 13.2. The first-order valence-electron chi connectivity index (χ1n) is 5.98. The van der Waals surface area contributed by atoms with Gasteiger partial charge in [0.15, 0.2) is 0 Å². The van der Waals surface area contributed by atoms with Gasteiger partial charge >= 0.3 is 0 Å². The number of fused-ring (bicyclic) bond motifs is 1. The van der Waals surface area contributed by atoms with E-state index < -0.39 is 0 Å². The van der Waals surface area contributed by atoms with Crippen LogP contribution in [0.2, 0.25) is 0 Å². The Morgan fingerprint density at radius 3 is 2.65 bits per heavy atom. The summed E-state index contributed by atoms with van der Waals surface area (Å²) >= 11 is 6.40. The number of para-hydroxylation sites is 1. The van der Waals surface area contributed by atoms with Gasteiger partial charge < -0.3 is 4.42 Å². The molecule has 0 saturated heterocycles. The van der Waals surface area contributed by atoms with Gasteiger partial charge in [-0.25, -0.2) is 0 Å². The van der Waals surface area contributed by atoms with E-state index in [1.165, 1.54) is 0 Å². The molecule has 0 bridgehead atoms. The Kier molecular flexibility index (Phi) is 3.24. The van der Waals surface area contributed by atoms with Crippen LogP contribution in [0, 0.1) is 11.3 Å². The lowest BCUT2D eigenvalue weighted by Crippen LogP contribution is -1.86. The number of hydrogen-bond donors (Lipinski definition) is 0. The largest absolute Gasteiger partial charge is 0.464 e. The van der Waals surface area contributed by atoms with E-state index in [4.69, 9.17) is 16.0 Å². The summed E-state index contributed by atoms with van der Waals surface area (Å²) in [6.45, 7) is 0. The molecule has 20 heavy (non-hydrogen) atoms. The van der Waals surface area contributed by atoms with Crippen LogP contribution in [0.25, 0.3) is 21.6 Å². The molecule has 0 atom stereocenters. The highest BCUT2D eigenvalue weighted by Gasteiger charge is 2.14. The number of aromatic nitrogens is 1. The van der Waals surface area contributed by atoms with E-state index in [1.54, 1.807) is 30.8 Å². The Morgan fingerprint density at radius 1 is 1.15 bits per heavy atom. The SMILES string of the molecule is N#C/C(=C(/Cl)c1coc2ccccc12)c1ccncc1. The first-order valence-corrected chi connectivity index (χ1v) is 6.36. The third-order valence-electron chi connectivity index (χ3n) is 3.02. The van der Waals surface area contributed by atoms with Crippen LogP contribution in [0.15, 0.2) is 59.5 Å². The molecule has 3 rings (SSSR count). The number of halogens is 1. The fourth-order valence-electron chi connectivity index (χ4n) is 2.04. The normalized spacial score (nSPS) is 12.0. The van der Waals surface area contributed by atoms with Crippen molar-refractivity contribution < 1.29 is 4.42 Å². The van der Waals surface area contributed by atoms with Crippen LogP contribution in [0.1, 0.15) is 11.1 Å². The van der Waals surface area contributed by atoms with E-state index in [2.05, 4.69) is 11.1 Å². The molecule has 4 heteroatoms. The van der Waals surface area contributed by atoms with Gasteiger partial charge in [-0.15, -0.1) is 0 Å². The standard InChI is InChI=1S/C16H9ClN2O/c17-16(13(9-18)11-5-7-19-8-6-11)14-10-20-15-4-2-1-3-12(14)15/h1-8,10H/b16-13-. The molecular formula is C16H9ClN2O. The Bertz CT molecular complexity index is 828. The highest BCUT2D eigenvalue weighted by Crippen LogP contribution is 2.34. The lowest BCUT2D eigenvalue weighted by molar-refractivity contribution is 0.615. The minimum Gasteiger partial charge on any atom is -0.464 e. The highest BCUT2D eigenvalue weighted by molar-refractivity contribution is 6.54. The molecule has 96 valence electrons. The number of pyridine rings is 1. The third kappa shape index (κ3) is 2.07. The predicted molar refractivity (Wildman–Crippen MR) is 78.7 cm³/mol. The average Bonchev–Trinajstić information content (AvgIpc) is 2.93. The quantitative estimate of drug-likeness (QED) is 0.651. The summed E-state index contributed by atoms with van der Waals surface area (Å²) < 4.78 is 5.46. The van der Waals surface area contributed by atoms with Crippen molar-refractivity contribution in [2.45, 2.75) is 0 Å². The maximum Gasteiger partial charge on any atom is 0.134 e. The molecule has 3 nitrogen and oxygen atoms in total. The first-order chi connectivity index (χ1) is 9.81. The van der Waals surface area contributed by atoms with Crippen LogP contribution in [0.5, 0.6) is 0 Å². The average molecular weight is 281 g/mol. The predicted octanol–water partition coefficient (Wildman–Crippen LogP) is 4.46. The second-order valence-corrected chi connectivity index (χ2v) is 4.56. The van der Waals surface area contributed by atoms with Crippen molar-refractivity contribution in [2.24, 2.45) is 0 Å². The molecule has 0 saturated carbocycles. The van der Waals surface area contributed by atoms with Crippen molar-refractivity contribution >= 4 is 33.2 Å². The van der Waals surface area contributed by atoms with Crippen molar-refractivity contribution in [3.05, 3.63) is 66.2 Å². The third-order valence-corrected chi connectivity index (χ3v) is 3.41.